The van der Waals surface area contributed by atoms with Crippen LogP contribution in [0.4, 0.5) is 0 Å². The van der Waals surface area contributed by atoms with Crippen molar-refractivity contribution in [3.63, 3.8) is 0 Å². The lowest BCUT2D eigenvalue weighted by atomic mass is 10.1. The van der Waals surface area contributed by atoms with Crippen LogP contribution in [0.2, 0.25) is 0 Å². The highest BCUT2D eigenvalue weighted by Crippen LogP contribution is 2.30. The van der Waals surface area contributed by atoms with E-state index in [9.17, 15) is 4.79 Å². The molecule has 0 bridgehead atoms. The molecule has 0 aliphatic carbocycles. The number of aromatic nitrogens is 2. The summed E-state index contributed by atoms with van der Waals surface area (Å²) in [5, 5.41) is 0. The number of H-pyrrole nitrogens is 2. The van der Waals surface area contributed by atoms with Gasteiger partial charge in [-0.3, -0.25) is 14.7 Å². The van der Waals surface area contributed by atoms with Gasteiger partial charge in [0.15, 0.2) is 4.77 Å². The quantitative estimate of drug-likeness (QED) is 0.686. The Morgan fingerprint density at radius 1 is 1.24 bits per heavy atom. The number of nitrogens with one attached hydrogen (secondary N) is 2. The molecule has 2 aromatic heterocycles. The molecule has 0 spiro atoms. The standard InChI is InChI=1S/C19H19N3OS2/c1-12-3-2-4-13(9-12)17-6-5-14(25-17)10-22-8-7-16-15(11-22)18(23)21-19(24)20-16/h2-6,9H,7-8,10-11H2,1H3,(H2,20,21,23,24). The van der Waals surface area contributed by atoms with E-state index < -0.39 is 0 Å². The van der Waals surface area contributed by atoms with Gasteiger partial charge in [-0.25, -0.2) is 0 Å². The second kappa shape index (κ2) is 6.71. The Hall–Kier alpha value is -2.02. The minimum Gasteiger partial charge on any atom is -0.335 e. The highest BCUT2D eigenvalue weighted by atomic mass is 32.1. The molecule has 0 fully saturated rings. The summed E-state index contributed by atoms with van der Waals surface area (Å²) in [5.41, 5.74) is 4.28. The maximum absolute atomic E-state index is 12.1. The number of hydrogen-bond acceptors (Lipinski definition) is 4. The van der Waals surface area contributed by atoms with E-state index in [2.05, 4.69) is 58.2 Å². The molecule has 0 radical (unpaired) electrons. The van der Waals surface area contributed by atoms with E-state index >= 15 is 0 Å². The molecule has 4 rings (SSSR count). The van der Waals surface area contributed by atoms with Gasteiger partial charge in [0.1, 0.15) is 0 Å². The molecule has 3 aromatic rings. The van der Waals surface area contributed by atoms with Crippen molar-refractivity contribution in [2.75, 3.05) is 6.54 Å². The first-order valence-corrected chi connectivity index (χ1v) is 9.53. The lowest BCUT2D eigenvalue weighted by Gasteiger charge is -2.27. The zero-order chi connectivity index (χ0) is 17.4. The van der Waals surface area contributed by atoms with Crippen LogP contribution < -0.4 is 5.56 Å². The normalized spacial score (nSPS) is 14.4. The molecule has 0 saturated carbocycles. The van der Waals surface area contributed by atoms with Crippen LogP contribution >= 0.6 is 23.6 Å². The molecule has 3 heterocycles. The smallest absolute Gasteiger partial charge is 0.256 e. The first-order chi connectivity index (χ1) is 12.1. The molecule has 2 N–H and O–H groups in total. The van der Waals surface area contributed by atoms with Crippen molar-refractivity contribution in [2.45, 2.75) is 26.4 Å². The summed E-state index contributed by atoms with van der Waals surface area (Å²) in [5.74, 6) is 0. The molecule has 1 aliphatic heterocycles. The summed E-state index contributed by atoms with van der Waals surface area (Å²) in [6.45, 7) is 4.57. The number of hydrogen-bond donors (Lipinski definition) is 2. The van der Waals surface area contributed by atoms with Gasteiger partial charge in [-0.2, -0.15) is 0 Å². The largest absolute Gasteiger partial charge is 0.335 e. The van der Waals surface area contributed by atoms with Gasteiger partial charge < -0.3 is 4.98 Å². The van der Waals surface area contributed by atoms with Crippen LogP contribution in [-0.2, 0) is 19.5 Å². The molecule has 0 amide bonds. The first kappa shape index (κ1) is 16.4. The van der Waals surface area contributed by atoms with Crippen LogP contribution in [-0.4, -0.2) is 21.4 Å². The molecule has 1 aromatic carbocycles. The molecule has 0 atom stereocenters. The van der Waals surface area contributed by atoms with Gasteiger partial charge in [-0.05, 0) is 36.8 Å². The third-order valence-corrected chi connectivity index (χ3v) is 5.86. The van der Waals surface area contributed by atoms with Gasteiger partial charge in [-0.1, -0.05) is 29.8 Å². The van der Waals surface area contributed by atoms with E-state index in [1.54, 1.807) is 0 Å². The number of aromatic amines is 2. The second-order valence-electron chi connectivity index (χ2n) is 6.46. The number of fused-ring (bicyclic) bond motifs is 1. The van der Waals surface area contributed by atoms with E-state index in [0.29, 0.717) is 11.3 Å². The Morgan fingerprint density at radius 2 is 2.12 bits per heavy atom. The average Bonchev–Trinajstić information content (AvgIpc) is 3.04. The summed E-state index contributed by atoms with van der Waals surface area (Å²) >= 11 is 6.88. The van der Waals surface area contributed by atoms with Gasteiger partial charge in [0.25, 0.3) is 5.56 Å². The van der Waals surface area contributed by atoms with E-state index in [1.165, 1.54) is 20.9 Å². The van der Waals surface area contributed by atoms with E-state index in [4.69, 9.17) is 12.2 Å². The minimum absolute atomic E-state index is 0.0601. The van der Waals surface area contributed by atoms with Crippen LogP contribution in [0.15, 0.2) is 41.2 Å². The predicted molar refractivity (Wildman–Crippen MR) is 105 cm³/mol. The minimum atomic E-state index is -0.0601. The number of benzene rings is 1. The topological polar surface area (TPSA) is 51.9 Å². The maximum atomic E-state index is 12.1. The summed E-state index contributed by atoms with van der Waals surface area (Å²) in [4.78, 5) is 22.9. The number of thiophene rings is 1. The van der Waals surface area contributed by atoms with Crippen molar-refractivity contribution in [1.82, 2.24) is 14.9 Å². The monoisotopic (exact) mass is 369 g/mol. The second-order valence-corrected chi connectivity index (χ2v) is 8.04. The Balaban J connectivity index is 1.52. The Kier molecular flexibility index (Phi) is 4.41. The van der Waals surface area contributed by atoms with E-state index in [-0.39, 0.29) is 5.56 Å². The van der Waals surface area contributed by atoms with Crippen molar-refractivity contribution in [3.8, 4) is 10.4 Å². The van der Waals surface area contributed by atoms with Crippen molar-refractivity contribution < 1.29 is 0 Å². The van der Waals surface area contributed by atoms with Crippen molar-refractivity contribution in [2.24, 2.45) is 0 Å². The summed E-state index contributed by atoms with van der Waals surface area (Å²) in [7, 11) is 0. The fraction of sp³-hybridized carbons (Fsp3) is 0.263. The molecule has 6 heteroatoms. The average molecular weight is 370 g/mol. The van der Waals surface area contributed by atoms with Gasteiger partial charge in [0.2, 0.25) is 0 Å². The number of rotatable bonds is 3. The zero-order valence-corrected chi connectivity index (χ0v) is 15.6. The highest BCUT2D eigenvalue weighted by molar-refractivity contribution is 7.71. The van der Waals surface area contributed by atoms with Crippen LogP contribution in [0, 0.1) is 11.7 Å². The van der Waals surface area contributed by atoms with Crippen LogP contribution in [0.5, 0.6) is 0 Å². The van der Waals surface area contributed by atoms with Crippen LogP contribution in [0.1, 0.15) is 21.7 Å². The van der Waals surface area contributed by atoms with E-state index in [0.717, 1.165) is 30.8 Å². The Labute approximate surface area is 155 Å². The summed E-state index contributed by atoms with van der Waals surface area (Å²) in [6, 6.07) is 13.0. The van der Waals surface area contributed by atoms with Crippen LogP contribution in [0.3, 0.4) is 0 Å². The molecule has 0 unspecified atom stereocenters. The lowest BCUT2D eigenvalue weighted by Crippen LogP contribution is -2.35. The molecular formula is C19H19N3OS2. The third kappa shape index (κ3) is 3.51. The first-order valence-electron chi connectivity index (χ1n) is 8.31. The molecule has 1 aliphatic rings. The SMILES string of the molecule is Cc1cccc(-c2ccc(CN3CCc4[nH]c(=S)[nH]c(=O)c4C3)s2)c1. The highest BCUT2D eigenvalue weighted by Gasteiger charge is 2.20. The van der Waals surface area contributed by atoms with Crippen molar-refractivity contribution >= 4 is 23.6 Å². The van der Waals surface area contributed by atoms with Crippen molar-refractivity contribution in [1.29, 1.82) is 0 Å². The summed E-state index contributed by atoms with van der Waals surface area (Å²) < 4.78 is 0.415. The van der Waals surface area contributed by atoms with Gasteiger partial charge in [0, 0.05) is 41.5 Å². The van der Waals surface area contributed by atoms with Crippen molar-refractivity contribution in [3.05, 3.63) is 73.2 Å². The zero-order valence-electron chi connectivity index (χ0n) is 14.0. The van der Waals surface area contributed by atoms with Crippen LogP contribution in [0.25, 0.3) is 10.4 Å². The number of aryl methyl sites for hydroxylation is 1. The summed E-state index contributed by atoms with van der Waals surface area (Å²) in [6.07, 6.45) is 0.832. The fourth-order valence-electron chi connectivity index (χ4n) is 3.28. The fourth-order valence-corrected chi connectivity index (χ4v) is 4.55. The van der Waals surface area contributed by atoms with Gasteiger partial charge in [-0.15, -0.1) is 11.3 Å². The molecule has 128 valence electrons. The molecular weight excluding hydrogens is 350 g/mol. The lowest BCUT2D eigenvalue weighted by molar-refractivity contribution is 0.243. The predicted octanol–water partition coefficient (Wildman–Crippen LogP) is 4.03. The number of nitrogens with zero attached hydrogens (tertiary/aromatic N) is 1. The van der Waals surface area contributed by atoms with Gasteiger partial charge >= 0.3 is 0 Å². The van der Waals surface area contributed by atoms with E-state index in [1.807, 2.05) is 11.3 Å². The Morgan fingerprint density at radius 3 is 2.96 bits per heavy atom. The molecule has 4 nitrogen and oxygen atoms in total. The molecule has 0 saturated heterocycles. The molecule has 25 heavy (non-hydrogen) atoms. The Bertz CT molecular complexity index is 1030. The maximum Gasteiger partial charge on any atom is 0.256 e. The van der Waals surface area contributed by atoms with Gasteiger partial charge in [0.05, 0.1) is 5.56 Å². The third-order valence-electron chi connectivity index (χ3n) is 4.53.